The van der Waals surface area contributed by atoms with Gasteiger partial charge in [0.25, 0.3) is 0 Å². The number of carbonyl (C=O) groups excluding carboxylic acids is 1. The first-order valence-corrected chi connectivity index (χ1v) is 5.60. The number of aryl methyl sites for hydroxylation is 1. The Kier molecular flexibility index (Phi) is 3.19. The fraction of sp³-hybridized carbons (Fsp3) is 0.0714. The van der Waals surface area contributed by atoms with Gasteiger partial charge in [-0.15, -0.1) is 0 Å². The SMILES string of the molecule is Cc1ccc(N(C(N)=O)c2ccccc2)c(N)c1. The molecule has 0 radical (unpaired) electrons. The summed E-state index contributed by atoms with van der Waals surface area (Å²) in [5.41, 5.74) is 14.2. The predicted octanol–water partition coefficient (Wildman–Crippen LogP) is 2.79. The van der Waals surface area contributed by atoms with Crippen LogP contribution in [0, 0.1) is 6.92 Å². The first kappa shape index (κ1) is 12.0. The largest absolute Gasteiger partial charge is 0.397 e. The van der Waals surface area contributed by atoms with Crippen LogP contribution in [-0.4, -0.2) is 6.03 Å². The highest BCUT2D eigenvalue weighted by molar-refractivity contribution is 6.01. The zero-order valence-corrected chi connectivity index (χ0v) is 10.1. The van der Waals surface area contributed by atoms with Crippen LogP contribution in [0.2, 0.25) is 0 Å². The molecule has 4 nitrogen and oxygen atoms in total. The number of anilines is 3. The second-order valence-electron chi connectivity index (χ2n) is 4.07. The molecule has 18 heavy (non-hydrogen) atoms. The molecule has 2 amide bonds. The Hall–Kier alpha value is -2.49. The summed E-state index contributed by atoms with van der Waals surface area (Å²) in [5, 5.41) is 0. The highest BCUT2D eigenvalue weighted by Gasteiger charge is 2.16. The molecule has 0 spiro atoms. The number of rotatable bonds is 2. The molecule has 4 N–H and O–H groups in total. The van der Waals surface area contributed by atoms with E-state index in [1.165, 1.54) is 4.90 Å². The third-order valence-corrected chi connectivity index (χ3v) is 2.66. The summed E-state index contributed by atoms with van der Waals surface area (Å²) in [4.78, 5) is 13.0. The number of hydrogen-bond acceptors (Lipinski definition) is 2. The molecule has 0 bridgehead atoms. The fourth-order valence-corrected chi connectivity index (χ4v) is 1.84. The third-order valence-electron chi connectivity index (χ3n) is 2.66. The number of nitrogens with two attached hydrogens (primary N) is 2. The van der Waals surface area contributed by atoms with Gasteiger partial charge in [0.15, 0.2) is 0 Å². The second-order valence-corrected chi connectivity index (χ2v) is 4.07. The van der Waals surface area contributed by atoms with Crippen molar-refractivity contribution in [2.75, 3.05) is 10.6 Å². The number of para-hydroxylation sites is 1. The van der Waals surface area contributed by atoms with Crippen LogP contribution < -0.4 is 16.4 Å². The molecular weight excluding hydrogens is 226 g/mol. The fourth-order valence-electron chi connectivity index (χ4n) is 1.84. The molecule has 0 unspecified atom stereocenters. The Balaban J connectivity index is 2.52. The van der Waals surface area contributed by atoms with Gasteiger partial charge >= 0.3 is 6.03 Å². The summed E-state index contributed by atoms with van der Waals surface area (Å²) >= 11 is 0. The molecule has 0 aromatic heterocycles. The van der Waals surface area contributed by atoms with Crippen LogP contribution in [0.1, 0.15) is 5.56 Å². The van der Waals surface area contributed by atoms with Crippen LogP contribution in [0.4, 0.5) is 21.9 Å². The molecule has 0 saturated heterocycles. The van der Waals surface area contributed by atoms with Crippen molar-refractivity contribution in [1.29, 1.82) is 0 Å². The van der Waals surface area contributed by atoms with Crippen LogP contribution in [0.3, 0.4) is 0 Å². The van der Waals surface area contributed by atoms with E-state index in [-0.39, 0.29) is 0 Å². The zero-order valence-electron chi connectivity index (χ0n) is 10.1. The van der Waals surface area contributed by atoms with Crippen molar-refractivity contribution in [2.24, 2.45) is 5.73 Å². The first-order chi connectivity index (χ1) is 8.59. The predicted molar refractivity (Wildman–Crippen MR) is 73.8 cm³/mol. The molecule has 0 saturated carbocycles. The summed E-state index contributed by atoms with van der Waals surface area (Å²) in [7, 11) is 0. The van der Waals surface area contributed by atoms with Crippen molar-refractivity contribution in [3.8, 4) is 0 Å². The molecule has 92 valence electrons. The number of primary amides is 1. The average Bonchev–Trinajstić information content (AvgIpc) is 2.33. The van der Waals surface area contributed by atoms with Crippen molar-refractivity contribution >= 4 is 23.1 Å². The Labute approximate surface area is 106 Å². The van der Waals surface area contributed by atoms with Crippen molar-refractivity contribution in [3.05, 3.63) is 54.1 Å². The van der Waals surface area contributed by atoms with Gasteiger partial charge in [-0.3, -0.25) is 4.90 Å². The van der Waals surface area contributed by atoms with Gasteiger partial charge in [0, 0.05) is 0 Å². The minimum Gasteiger partial charge on any atom is -0.397 e. The maximum Gasteiger partial charge on any atom is 0.323 e. The van der Waals surface area contributed by atoms with Crippen molar-refractivity contribution in [2.45, 2.75) is 6.92 Å². The van der Waals surface area contributed by atoms with Crippen LogP contribution in [0.25, 0.3) is 0 Å². The smallest absolute Gasteiger partial charge is 0.323 e. The molecule has 4 heteroatoms. The Morgan fingerprint density at radius 1 is 1.11 bits per heavy atom. The van der Waals surface area contributed by atoms with Crippen LogP contribution in [0.15, 0.2) is 48.5 Å². The van der Waals surface area contributed by atoms with E-state index >= 15 is 0 Å². The van der Waals surface area contributed by atoms with Gasteiger partial charge in [0.2, 0.25) is 0 Å². The Morgan fingerprint density at radius 3 is 2.33 bits per heavy atom. The number of nitrogen functional groups attached to an aromatic ring is 1. The van der Waals surface area contributed by atoms with E-state index in [9.17, 15) is 4.79 Å². The van der Waals surface area contributed by atoms with Gasteiger partial charge in [0.1, 0.15) is 0 Å². The molecule has 0 fully saturated rings. The quantitative estimate of drug-likeness (QED) is 0.793. The third kappa shape index (κ3) is 2.27. The van der Waals surface area contributed by atoms with Gasteiger partial charge in [-0.2, -0.15) is 0 Å². The minimum absolute atomic E-state index is 0.526. The molecule has 0 heterocycles. The van der Waals surface area contributed by atoms with Crippen molar-refractivity contribution < 1.29 is 4.79 Å². The van der Waals surface area contributed by atoms with Gasteiger partial charge in [-0.25, -0.2) is 4.79 Å². The Morgan fingerprint density at radius 2 is 1.78 bits per heavy atom. The lowest BCUT2D eigenvalue weighted by Gasteiger charge is -2.22. The number of nitrogens with zero attached hydrogens (tertiary/aromatic N) is 1. The van der Waals surface area contributed by atoms with Gasteiger partial charge in [-0.05, 0) is 36.8 Å². The summed E-state index contributed by atoms with van der Waals surface area (Å²) in [5.74, 6) is 0. The van der Waals surface area contributed by atoms with E-state index in [0.29, 0.717) is 17.1 Å². The van der Waals surface area contributed by atoms with Gasteiger partial charge in [0.05, 0.1) is 17.1 Å². The molecule has 0 aliphatic rings. The molecule has 2 aromatic carbocycles. The van der Waals surface area contributed by atoms with Crippen molar-refractivity contribution in [1.82, 2.24) is 0 Å². The first-order valence-electron chi connectivity index (χ1n) is 5.60. The van der Waals surface area contributed by atoms with Crippen LogP contribution in [-0.2, 0) is 0 Å². The van der Waals surface area contributed by atoms with Crippen LogP contribution >= 0.6 is 0 Å². The van der Waals surface area contributed by atoms with Crippen LogP contribution in [0.5, 0.6) is 0 Å². The highest BCUT2D eigenvalue weighted by Crippen LogP contribution is 2.30. The molecular formula is C14H15N3O. The second kappa shape index (κ2) is 4.79. The van der Waals surface area contributed by atoms with Gasteiger partial charge < -0.3 is 11.5 Å². The summed E-state index contributed by atoms with van der Waals surface area (Å²) in [6.45, 7) is 1.94. The van der Waals surface area contributed by atoms with E-state index < -0.39 is 6.03 Å². The molecule has 2 aromatic rings. The summed E-state index contributed by atoms with van der Waals surface area (Å²) < 4.78 is 0. The molecule has 0 atom stereocenters. The topological polar surface area (TPSA) is 72.3 Å². The maximum atomic E-state index is 11.6. The van der Waals surface area contributed by atoms with E-state index in [4.69, 9.17) is 11.5 Å². The molecule has 0 aliphatic carbocycles. The number of benzene rings is 2. The monoisotopic (exact) mass is 241 g/mol. The number of urea groups is 1. The van der Waals surface area contributed by atoms with Crippen molar-refractivity contribution in [3.63, 3.8) is 0 Å². The normalized spacial score (nSPS) is 10.1. The minimum atomic E-state index is -0.559. The highest BCUT2D eigenvalue weighted by atomic mass is 16.2. The average molecular weight is 241 g/mol. The summed E-state index contributed by atoms with van der Waals surface area (Å²) in [6, 6.07) is 14.1. The Bertz CT molecular complexity index is 567. The maximum absolute atomic E-state index is 11.6. The number of amides is 2. The standard InChI is InChI=1S/C14H15N3O/c1-10-7-8-13(12(15)9-10)17(14(16)18)11-5-3-2-4-6-11/h2-9H,15H2,1H3,(H2,16,18). The summed E-state index contributed by atoms with van der Waals surface area (Å²) in [6.07, 6.45) is 0. The van der Waals surface area contributed by atoms with E-state index in [1.807, 2.05) is 49.4 Å². The number of carbonyl (C=O) groups is 1. The van der Waals surface area contributed by atoms with E-state index in [0.717, 1.165) is 5.56 Å². The molecule has 0 aliphatic heterocycles. The zero-order chi connectivity index (χ0) is 13.1. The lowest BCUT2D eigenvalue weighted by molar-refractivity contribution is 0.256. The lowest BCUT2D eigenvalue weighted by atomic mass is 10.1. The lowest BCUT2D eigenvalue weighted by Crippen LogP contribution is -2.31. The molecule has 2 rings (SSSR count). The van der Waals surface area contributed by atoms with E-state index in [2.05, 4.69) is 0 Å². The van der Waals surface area contributed by atoms with E-state index in [1.54, 1.807) is 6.07 Å². The van der Waals surface area contributed by atoms with Gasteiger partial charge in [-0.1, -0.05) is 24.3 Å². The number of hydrogen-bond donors (Lipinski definition) is 2.